The molecule has 1 aromatic heterocycles. The van der Waals surface area contributed by atoms with Crippen LogP contribution < -0.4 is 5.73 Å². The molecule has 0 saturated carbocycles. The van der Waals surface area contributed by atoms with Gasteiger partial charge in [0.05, 0.1) is 6.20 Å². The van der Waals surface area contributed by atoms with Gasteiger partial charge < -0.3 is 5.73 Å². The van der Waals surface area contributed by atoms with Gasteiger partial charge in [-0.05, 0) is 0 Å². The minimum absolute atomic E-state index is 0.197. The molecule has 0 bridgehead atoms. The van der Waals surface area contributed by atoms with E-state index in [0.717, 1.165) is 0 Å². The molecule has 0 radical (unpaired) electrons. The summed E-state index contributed by atoms with van der Waals surface area (Å²) in [6, 6.07) is 0. The predicted molar refractivity (Wildman–Crippen MR) is 26.4 cm³/mol. The molecule has 1 rings (SSSR count). The molecule has 0 fully saturated rings. The zero-order valence-corrected chi connectivity index (χ0v) is 4.19. The maximum atomic E-state index is 12.2. The second-order valence-corrected chi connectivity index (χ2v) is 1.41. The SMILES string of the molecule is NCc1cn[nH]c1F. The monoisotopic (exact) mass is 115 g/mol. The van der Waals surface area contributed by atoms with E-state index in [9.17, 15) is 4.39 Å². The molecule has 0 atom stereocenters. The molecule has 1 aromatic rings. The first-order chi connectivity index (χ1) is 3.84. The van der Waals surface area contributed by atoms with Crippen LogP contribution in [0.3, 0.4) is 0 Å². The van der Waals surface area contributed by atoms with E-state index in [0.29, 0.717) is 5.56 Å². The molecule has 44 valence electrons. The Hall–Kier alpha value is -0.900. The molecule has 0 saturated heterocycles. The Morgan fingerprint density at radius 2 is 2.62 bits per heavy atom. The zero-order chi connectivity index (χ0) is 5.98. The van der Waals surface area contributed by atoms with Crippen LogP contribution in [0.4, 0.5) is 4.39 Å². The van der Waals surface area contributed by atoms with Crippen LogP contribution in [0.1, 0.15) is 5.56 Å². The maximum Gasteiger partial charge on any atom is 0.213 e. The standard InChI is InChI=1S/C4H6FN3/c5-4-3(1-6)2-7-8-4/h2H,1,6H2,(H,7,8). The average Bonchev–Trinajstić information content (AvgIpc) is 2.14. The summed E-state index contributed by atoms with van der Waals surface area (Å²) >= 11 is 0. The fourth-order valence-corrected chi connectivity index (χ4v) is 0.438. The summed E-state index contributed by atoms with van der Waals surface area (Å²) in [7, 11) is 0. The molecule has 0 amide bonds. The van der Waals surface area contributed by atoms with Gasteiger partial charge in [-0.1, -0.05) is 0 Å². The lowest BCUT2D eigenvalue weighted by Gasteiger charge is -1.82. The van der Waals surface area contributed by atoms with Crippen molar-refractivity contribution in [3.05, 3.63) is 17.7 Å². The Labute approximate surface area is 45.7 Å². The Balaban J connectivity index is 2.92. The van der Waals surface area contributed by atoms with Crippen molar-refractivity contribution in [2.24, 2.45) is 5.73 Å². The number of hydrogen-bond acceptors (Lipinski definition) is 2. The molecular weight excluding hydrogens is 109 g/mol. The van der Waals surface area contributed by atoms with Crippen molar-refractivity contribution in [3.63, 3.8) is 0 Å². The highest BCUT2D eigenvalue weighted by molar-refractivity contribution is 5.03. The van der Waals surface area contributed by atoms with Gasteiger partial charge in [0.2, 0.25) is 5.95 Å². The third-order valence-electron chi connectivity index (χ3n) is 0.885. The van der Waals surface area contributed by atoms with Gasteiger partial charge in [-0.15, -0.1) is 0 Å². The summed E-state index contributed by atoms with van der Waals surface area (Å²) in [4.78, 5) is 0. The smallest absolute Gasteiger partial charge is 0.213 e. The van der Waals surface area contributed by atoms with Crippen molar-refractivity contribution >= 4 is 0 Å². The largest absolute Gasteiger partial charge is 0.326 e. The number of rotatable bonds is 1. The number of nitrogens with two attached hydrogens (primary N) is 1. The highest BCUT2D eigenvalue weighted by Crippen LogP contribution is 1.97. The van der Waals surface area contributed by atoms with Crippen LogP contribution in [-0.4, -0.2) is 10.2 Å². The van der Waals surface area contributed by atoms with Crippen molar-refractivity contribution < 1.29 is 4.39 Å². The Morgan fingerprint density at radius 1 is 1.88 bits per heavy atom. The van der Waals surface area contributed by atoms with Crippen molar-refractivity contribution in [2.75, 3.05) is 0 Å². The molecule has 3 N–H and O–H groups in total. The topological polar surface area (TPSA) is 54.7 Å². The Kier molecular flexibility index (Phi) is 1.26. The minimum atomic E-state index is -0.437. The van der Waals surface area contributed by atoms with E-state index in [2.05, 4.69) is 10.2 Å². The lowest BCUT2D eigenvalue weighted by Crippen LogP contribution is -1.96. The van der Waals surface area contributed by atoms with E-state index in [1.165, 1.54) is 6.20 Å². The van der Waals surface area contributed by atoms with Gasteiger partial charge in [0.25, 0.3) is 0 Å². The third-order valence-corrected chi connectivity index (χ3v) is 0.885. The fourth-order valence-electron chi connectivity index (χ4n) is 0.438. The van der Waals surface area contributed by atoms with Crippen molar-refractivity contribution in [1.82, 2.24) is 10.2 Å². The molecule has 0 aliphatic rings. The van der Waals surface area contributed by atoms with E-state index in [1.807, 2.05) is 0 Å². The fraction of sp³-hybridized carbons (Fsp3) is 0.250. The summed E-state index contributed by atoms with van der Waals surface area (Å²) in [5.41, 5.74) is 5.52. The molecule has 0 spiro atoms. The van der Waals surface area contributed by atoms with E-state index < -0.39 is 5.95 Å². The van der Waals surface area contributed by atoms with Crippen LogP contribution in [0.15, 0.2) is 6.20 Å². The second kappa shape index (κ2) is 1.92. The number of nitrogens with one attached hydrogen (secondary N) is 1. The quantitative estimate of drug-likeness (QED) is 0.541. The summed E-state index contributed by atoms with van der Waals surface area (Å²) in [6.07, 6.45) is 1.37. The van der Waals surface area contributed by atoms with E-state index >= 15 is 0 Å². The summed E-state index contributed by atoms with van der Waals surface area (Å²) < 4.78 is 12.2. The zero-order valence-electron chi connectivity index (χ0n) is 4.19. The average molecular weight is 115 g/mol. The van der Waals surface area contributed by atoms with Crippen LogP contribution in [0, 0.1) is 5.95 Å². The molecule has 8 heavy (non-hydrogen) atoms. The van der Waals surface area contributed by atoms with Crippen LogP contribution in [0.2, 0.25) is 0 Å². The first-order valence-electron chi connectivity index (χ1n) is 2.22. The van der Waals surface area contributed by atoms with E-state index in [-0.39, 0.29) is 6.54 Å². The van der Waals surface area contributed by atoms with Crippen LogP contribution in [0.5, 0.6) is 0 Å². The first kappa shape index (κ1) is 5.24. The second-order valence-electron chi connectivity index (χ2n) is 1.41. The highest BCUT2D eigenvalue weighted by atomic mass is 19.1. The van der Waals surface area contributed by atoms with Gasteiger partial charge in [-0.3, -0.25) is 5.10 Å². The lowest BCUT2D eigenvalue weighted by atomic mass is 10.4. The highest BCUT2D eigenvalue weighted by Gasteiger charge is 1.97. The number of hydrogen-bond donors (Lipinski definition) is 2. The van der Waals surface area contributed by atoms with Crippen molar-refractivity contribution in [3.8, 4) is 0 Å². The van der Waals surface area contributed by atoms with Crippen LogP contribution in [-0.2, 0) is 6.54 Å². The Morgan fingerprint density at radius 3 is 2.88 bits per heavy atom. The maximum absolute atomic E-state index is 12.2. The third kappa shape index (κ3) is 0.696. The number of H-pyrrole nitrogens is 1. The van der Waals surface area contributed by atoms with Crippen molar-refractivity contribution in [1.29, 1.82) is 0 Å². The Bertz CT molecular complexity index is 172. The number of nitrogens with zero attached hydrogens (tertiary/aromatic N) is 1. The van der Waals surface area contributed by atoms with Gasteiger partial charge in [0, 0.05) is 12.1 Å². The van der Waals surface area contributed by atoms with Crippen LogP contribution in [0.25, 0.3) is 0 Å². The molecule has 0 unspecified atom stereocenters. The number of aromatic amines is 1. The van der Waals surface area contributed by atoms with Gasteiger partial charge in [0.1, 0.15) is 0 Å². The van der Waals surface area contributed by atoms with E-state index in [1.54, 1.807) is 0 Å². The lowest BCUT2D eigenvalue weighted by molar-refractivity contribution is 0.566. The number of halogens is 1. The summed E-state index contributed by atoms with van der Waals surface area (Å²) in [5, 5.41) is 5.54. The van der Waals surface area contributed by atoms with Crippen LogP contribution >= 0.6 is 0 Å². The predicted octanol–water partition coefficient (Wildman–Crippen LogP) is 0.00750. The molecule has 0 aliphatic carbocycles. The normalized spacial score (nSPS) is 9.75. The molecule has 0 aromatic carbocycles. The van der Waals surface area contributed by atoms with Gasteiger partial charge >= 0.3 is 0 Å². The molecule has 1 heterocycles. The molecule has 4 heteroatoms. The number of aromatic nitrogens is 2. The molecular formula is C4H6FN3. The molecule has 3 nitrogen and oxygen atoms in total. The van der Waals surface area contributed by atoms with Gasteiger partial charge in [-0.25, -0.2) is 0 Å². The van der Waals surface area contributed by atoms with E-state index in [4.69, 9.17) is 5.73 Å². The summed E-state index contributed by atoms with van der Waals surface area (Å²) in [6.45, 7) is 0.197. The molecule has 0 aliphatic heterocycles. The van der Waals surface area contributed by atoms with Crippen molar-refractivity contribution in [2.45, 2.75) is 6.54 Å². The van der Waals surface area contributed by atoms with Gasteiger partial charge in [-0.2, -0.15) is 9.49 Å². The minimum Gasteiger partial charge on any atom is -0.326 e. The van der Waals surface area contributed by atoms with Gasteiger partial charge in [0.15, 0.2) is 0 Å². The first-order valence-corrected chi connectivity index (χ1v) is 2.22. The summed E-state index contributed by atoms with van der Waals surface area (Å²) in [5.74, 6) is -0.437.